The molecule has 4 nitrogen and oxygen atoms in total. The van der Waals surface area contributed by atoms with Gasteiger partial charge in [0.15, 0.2) is 0 Å². The first-order chi connectivity index (χ1) is 10.2. The second-order valence-corrected chi connectivity index (χ2v) is 4.67. The monoisotopic (exact) mass is 308 g/mol. The summed E-state index contributed by atoms with van der Waals surface area (Å²) < 4.78 is 16.2. The van der Waals surface area contributed by atoms with Crippen LogP contribution in [0.4, 0.5) is 0 Å². The van der Waals surface area contributed by atoms with E-state index in [-0.39, 0.29) is 6.61 Å². The maximum atomic E-state index is 9.25. The molecule has 0 atom stereocenters. The first-order valence-corrected chi connectivity index (χ1v) is 6.90. The Morgan fingerprint density at radius 2 is 1.62 bits per heavy atom. The Balaban J connectivity index is 1.84. The number of para-hydroxylation sites is 1. The number of halogens is 1. The van der Waals surface area contributed by atoms with E-state index in [9.17, 15) is 5.11 Å². The van der Waals surface area contributed by atoms with Crippen LogP contribution in [0, 0.1) is 0 Å². The molecular weight excluding hydrogens is 292 g/mol. The summed E-state index contributed by atoms with van der Waals surface area (Å²) in [6.07, 6.45) is 0. The van der Waals surface area contributed by atoms with Crippen LogP contribution < -0.4 is 14.2 Å². The lowest BCUT2D eigenvalue weighted by Gasteiger charge is -2.12. The van der Waals surface area contributed by atoms with E-state index in [1.807, 2.05) is 24.3 Å². The van der Waals surface area contributed by atoms with Crippen LogP contribution in [0.5, 0.6) is 17.2 Å². The molecule has 2 rings (SSSR count). The van der Waals surface area contributed by atoms with Crippen molar-refractivity contribution in [2.75, 3.05) is 20.3 Å². The molecule has 21 heavy (non-hydrogen) atoms. The van der Waals surface area contributed by atoms with E-state index in [0.29, 0.717) is 29.5 Å². The molecule has 0 amide bonds. The zero-order chi connectivity index (χ0) is 15.1. The molecule has 1 N–H and O–H groups in total. The first-order valence-electron chi connectivity index (χ1n) is 6.52. The minimum absolute atomic E-state index is 0.116. The van der Waals surface area contributed by atoms with Crippen LogP contribution in [0.15, 0.2) is 42.5 Å². The third-order valence-electron chi connectivity index (χ3n) is 2.88. The summed E-state index contributed by atoms with van der Waals surface area (Å²) in [6, 6.07) is 12.6. The van der Waals surface area contributed by atoms with Gasteiger partial charge in [0.25, 0.3) is 0 Å². The quantitative estimate of drug-likeness (QED) is 0.797. The molecule has 2 aromatic rings. The molecule has 0 spiro atoms. The van der Waals surface area contributed by atoms with Gasteiger partial charge in [0.2, 0.25) is 0 Å². The van der Waals surface area contributed by atoms with Gasteiger partial charge < -0.3 is 19.3 Å². The number of aliphatic hydroxyl groups is 1. The van der Waals surface area contributed by atoms with E-state index in [1.165, 1.54) is 0 Å². The number of methoxy groups -OCH3 is 1. The average Bonchev–Trinajstić information content (AvgIpc) is 2.53. The summed E-state index contributed by atoms with van der Waals surface area (Å²) in [6.45, 7) is 0.598. The van der Waals surface area contributed by atoms with Gasteiger partial charge in [-0.15, -0.1) is 0 Å². The molecular formula is C16H17ClO4. The van der Waals surface area contributed by atoms with Crippen LogP contribution in [0.25, 0.3) is 0 Å². The normalized spacial score (nSPS) is 10.2. The summed E-state index contributed by atoms with van der Waals surface area (Å²) in [5.41, 5.74) is 0.659. The second-order valence-electron chi connectivity index (χ2n) is 4.26. The maximum absolute atomic E-state index is 9.25. The lowest BCUT2D eigenvalue weighted by atomic mass is 10.2. The Labute approximate surface area is 128 Å². The lowest BCUT2D eigenvalue weighted by Crippen LogP contribution is -2.10. The third-order valence-corrected chi connectivity index (χ3v) is 3.17. The highest BCUT2D eigenvalue weighted by Gasteiger charge is 2.07. The summed E-state index contributed by atoms with van der Waals surface area (Å²) in [4.78, 5) is 0. The molecule has 5 heteroatoms. The largest absolute Gasteiger partial charge is 0.497 e. The fraction of sp³-hybridized carbons (Fsp3) is 0.250. The van der Waals surface area contributed by atoms with Crippen molar-refractivity contribution in [2.45, 2.75) is 6.61 Å². The Morgan fingerprint density at radius 3 is 2.29 bits per heavy atom. The summed E-state index contributed by atoms with van der Waals surface area (Å²) in [5, 5.41) is 9.72. The van der Waals surface area contributed by atoms with Gasteiger partial charge in [-0.25, -0.2) is 0 Å². The number of aliphatic hydroxyl groups excluding tert-OH is 1. The van der Waals surface area contributed by atoms with Crippen molar-refractivity contribution < 1.29 is 19.3 Å². The lowest BCUT2D eigenvalue weighted by molar-refractivity contribution is 0.210. The number of rotatable bonds is 7. The molecule has 0 aliphatic carbocycles. The Hall–Kier alpha value is -1.91. The fourth-order valence-electron chi connectivity index (χ4n) is 1.81. The van der Waals surface area contributed by atoms with E-state index in [1.54, 1.807) is 25.3 Å². The van der Waals surface area contributed by atoms with Crippen molar-refractivity contribution in [3.63, 3.8) is 0 Å². The van der Waals surface area contributed by atoms with E-state index >= 15 is 0 Å². The van der Waals surface area contributed by atoms with Crippen LogP contribution in [-0.2, 0) is 6.61 Å². The highest BCUT2D eigenvalue weighted by Crippen LogP contribution is 2.28. The van der Waals surface area contributed by atoms with Gasteiger partial charge in [0.05, 0.1) is 18.7 Å². The predicted molar refractivity (Wildman–Crippen MR) is 81.4 cm³/mol. The average molecular weight is 309 g/mol. The van der Waals surface area contributed by atoms with Crippen LogP contribution in [0.2, 0.25) is 5.02 Å². The standard InChI is InChI=1S/C16H17ClO4/c1-19-13-5-7-14(8-6-13)20-9-10-21-16-12(11-18)3-2-4-15(16)17/h2-8,18H,9-11H2,1H3. The van der Waals surface area contributed by atoms with Crippen molar-refractivity contribution in [3.8, 4) is 17.2 Å². The van der Waals surface area contributed by atoms with E-state index in [2.05, 4.69) is 0 Å². The Kier molecular flexibility index (Phi) is 5.72. The summed E-state index contributed by atoms with van der Waals surface area (Å²) in [7, 11) is 1.62. The molecule has 0 unspecified atom stereocenters. The molecule has 0 radical (unpaired) electrons. The zero-order valence-electron chi connectivity index (χ0n) is 11.7. The number of hydrogen-bond donors (Lipinski definition) is 1. The Morgan fingerprint density at radius 1 is 0.952 bits per heavy atom. The van der Waals surface area contributed by atoms with Gasteiger partial charge >= 0.3 is 0 Å². The number of benzene rings is 2. The van der Waals surface area contributed by atoms with Crippen molar-refractivity contribution in [2.24, 2.45) is 0 Å². The van der Waals surface area contributed by atoms with Gasteiger partial charge in [-0.3, -0.25) is 0 Å². The molecule has 0 saturated carbocycles. The molecule has 112 valence electrons. The zero-order valence-corrected chi connectivity index (χ0v) is 12.5. The van der Waals surface area contributed by atoms with Gasteiger partial charge in [-0.05, 0) is 30.3 Å². The molecule has 0 aliphatic heterocycles. The molecule has 2 aromatic carbocycles. The smallest absolute Gasteiger partial charge is 0.143 e. The van der Waals surface area contributed by atoms with Crippen LogP contribution in [0.1, 0.15) is 5.56 Å². The fourth-order valence-corrected chi connectivity index (χ4v) is 2.06. The SMILES string of the molecule is COc1ccc(OCCOc2c(Cl)cccc2CO)cc1. The first kappa shape index (κ1) is 15.5. The molecule has 0 aromatic heterocycles. The molecule has 0 aliphatic rings. The van der Waals surface area contributed by atoms with Crippen molar-refractivity contribution in [1.29, 1.82) is 0 Å². The van der Waals surface area contributed by atoms with E-state index in [0.717, 1.165) is 11.5 Å². The summed E-state index contributed by atoms with van der Waals surface area (Å²) >= 11 is 6.05. The van der Waals surface area contributed by atoms with E-state index < -0.39 is 0 Å². The van der Waals surface area contributed by atoms with Crippen molar-refractivity contribution >= 4 is 11.6 Å². The Bertz CT molecular complexity index is 569. The van der Waals surface area contributed by atoms with Crippen LogP contribution in [0.3, 0.4) is 0 Å². The van der Waals surface area contributed by atoms with Crippen molar-refractivity contribution in [3.05, 3.63) is 53.1 Å². The topological polar surface area (TPSA) is 47.9 Å². The number of ether oxygens (including phenoxy) is 3. The molecule has 0 saturated heterocycles. The van der Waals surface area contributed by atoms with Gasteiger partial charge in [0.1, 0.15) is 30.5 Å². The van der Waals surface area contributed by atoms with E-state index in [4.69, 9.17) is 25.8 Å². The molecule has 0 fully saturated rings. The second kappa shape index (κ2) is 7.76. The number of hydrogen-bond acceptors (Lipinski definition) is 4. The highest BCUT2D eigenvalue weighted by molar-refractivity contribution is 6.32. The highest BCUT2D eigenvalue weighted by atomic mass is 35.5. The minimum Gasteiger partial charge on any atom is -0.497 e. The molecule has 0 heterocycles. The predicted octanol–water partition coefficient (Wildman–Crippen LogP) is 3.30. The van der Waals surface area contributed by atoms with Gasteiger partial charge in [0, 0.05) is 5.56 Å². The van der Waals surface area contributed by atoms with Gasteiger partial charge in [-0.2, -0.15) is 0 Å². The minimum atomic E-state index is -0.116. The van der Waals surface area contributed by atoms with Crippen molar-refractivity contribution in [1.82, 2.24) is 0 Å². The maximum Gasteiger partial charge on any atom is 0.143 e. The third kappa shape index (κ3) is 4.28. The summed E-state index contributed by atoms with van der Waals surface area (Å²) in [5.74, 6) is 2.02. The van der Waals surface area contributed by atoms with Crippen LogP contribution in [-0.4, -0.2) is 25.4 Å². The van der Waals surface area contributed by atoms with Crippen LogP contribution >= 0.6 is 11.6 Å². The molecule has 0 bridgehead atoms. The van der Waals surface area contributed by atoms with Gasteiger partial charge in [-0.1, -0.05) is 23.7 Å².